The van der Waals surface area contributed by atoms with Gasteiger partial charge in [-0.15, -0.1) is 0 Å². The van der Waals surface area contributed by atoms with Gasteiger partial charge in [-0.3, -0.25) is 14.4 Å². The van der Waals surface area contributed by atoms with Crippen molar-refractivity contribution in [3.63, 3.8) is 0 Å². The largest absolute Gasteiger partial charge is 0.462 e. The topological polar surface area (TPSA) is 78.9 Å². The van der Waals surface area contributed by atoms with Gasteiger partial charge in [-0.2, -0.15) is 0 Å². The third kappa shape index (κ3) is 53.4. The Morgan fingerprint density at radius 3 is 0.742 bits per heavy atom. The molecule has 0 spiro atoms. The van der Waals surface area contributed by atoms with Crippen molar-refractivity contribution in [3.8, 4) is 0 Å². The summed E-state index contributed by atoms with van der Waals surface area (Å²) in [4.78, 5) is 38.2. The van der Waals surface area contributed by atoms with E-state index in [0.717, 1.165) is 63.7 Å². The monoisotopic (exact) mass is 933 g/mol. The number of rotatable bonds is 55. The van der Waals surface area contributed by atoms with Gasteiger partial charge in [-0.05, 0) is 25.2 Å². The molecule has 0 amide bonds. The van der Waals surface area contributed by atoms with Crippen molar-refractivity contribution in [2.24, 2.45) is 5.92 Å². The van der Waals surface area contributed by atoms with E-state index in [1.54, 1.807) is 0 Å². The van der Waals surface area contributed by atoms with E-state index in [2.05, 4.69) is 27.7 Å². The Morgan fingerprint density at radius 1 is 0.288 bits per heavy atom. The second kappa shape index (κ2) is 54.4. The van der Waals surface area contributed by atoms with Crippen molar-refractivity contribution in [1.29, 1.82) is 0 Å². The molecule has 0 unspecified atom stereocenters. The number of hydrogen-bond donors (Lipinski definition) is 0. The van der Waals surface area contributed by atoms with E-state index in [1.807, 2.05) is 0 Å². The Hall–Kier alpha value is -1.59. The van der Waals surface area contributed by atoms with Crippen LogP contribution in [-0.2, 0) is 28.6 Å². The summed E-state index contributed by atoms with van der Waals surface area (Å²) in [6, 6.07) is 0. The first-order valence-electron chi connectivity index (χ1n) is 29.9. The van der Waals surface area contributed by atoms with Gasteiger partial charge in [0.15, 0.2) is 6.10 Å². The molecule has 6 heteroatoms. The highest BCUT2D eigenvalue weighted by Gasteiger charge is 2.19. The van der Waals surface area contributed by atoms with Gasteiger partial charge in [0.2, 0.25) is 0 Å². The van der Waals surface area contributed by atoms with Gasteiger partial charge in [-0.1, -0.05) is 304 Å². The minimum Gasteiger partial charge on any atom is -0.462 e. The fourth-order valence-corrected chi connectivity index (χ4v) is 9.28. The van der Waals surface area contributed by atoms with Crippen LogP contribution < -0.4 is 0 Å². The molecule has 0 saturated heterocycles. The normalized spacial score (nSPS) is 12.0. The van der Waals surface area contributed by atoms with Gasteiger partial charge in [0.25, 0.3) is 0 Å². The molecule has 0 bridgehead atoms. The highest BCUT2D eigenvalue weighted by atomic mass is 16.6. The number of hydrogen-bond acceptors (Lipinski definition) is 6. The first-order valence-corrected chi connectivity index (χ1v) is 29.9. The third-order valence-corrected chi connectivity index (χ3v) is 13.8. The second-order valence-corrected chi connectivity index (χ2v) is 21.1. The molecule has 0 radical (unpaired) electrons. The second-order valence-electron chi connectivity index (χ2n) is 21.1. The van der Waals surface area contributed by atoms with Crippen molar-refractivity contribution in [2.75, 3.05) is 13.2 Å². The Morgan fingerprint density at radius 2 is 0.500 bits per heavy atom. The summed E-state index contributed by atoms with van der Waals surface area (Å²) in [7, 11) is 0. The molecule has 0 aromatic heterocycles. The van der Waals surface area contributed by atoms with Gasteiger partial charge < -0.3 is 14.2 Å². The summed E-state index contributed by atoms with van der Waals surface area (Å²) >= 11 is 0. The SMILES string of the molecule is CCCCCCCCCCCCCCCCCCC(=O)OC[C@@H](COC(=O)CCCCCCCCCCCCCCCC(C)C)OC(=O)CCCCCCCCCCCCCCCCCC. The van der Waals surface area contributed by atoms with Crippen LogP contribution in [-0.4, -0.2) is 37.2 Å². The fraction of sp³-hybridized carbons (Fsp3) is 0.950. The maximum atomic E-state index is 12.9. The van der Waals surface area contributed by atoms with Crippen LogP contribution in [0.2, 0.25) is 0 Å². The van der Waals surface area contributed by atoms with E-state index in [0.29, 0.717) is 19.3 Å². The van der Waals surface area contributed by atoms with Crippen LogP contribution in [0.15, 0.2) is 0 Å². The smallest absolute Gasteiger partial charge is 0.306 e. The van der Waals surface area contributed by atoms with Gasteiger partial charge in [-0.25, -0.2) is 0 Å². The van der Waals surface area contributed by atoms with Crippen molar-refractivity contribution in [3.05, 3.63) is 0 Å². The number of ether oxygens (including phenoxy) is 3. The van der Waals surface area contributed by atoms with Crippen molar-refractivity contribution >= 4 is 17.9 Å². The van der Waals surface area contributed by atoms with E-state index in [4.69, 9.17) is 14.2 Å². The van der Waals surface area contributed by atoms with Gasteiger partial charge >= 0.3 is 17.9 Å². The molecule has 0 fully saturated rings. The minimum absolute atomic E-state index is 0.0615. The number of esters is 3. The average molecular weight is 934 g/mol. The third-order valence-electron chi connectivity index (χ3n) is 13.8. The molecular weight excluding hydrogens is 817 g/mol. The van der Waals surface area contributed by atoms with Crippen molar-refractivity contribution in [1.82, 2.24) is 0 Å². The summed E-state index contributed by atoms with van der Waals surface area (Å²) in [5, 5.41) is 0. The van der Waals surface area contributed by atoms with Crippen LogP contribution in [0.25, 0.3) is 0 Å². The van der Waals surface area contributed by atoms with Crippen LogP contribution in [0.1, 0.15) is 342 Å². The molecule has 0 saturated carbocycles. The van der Waals surface area contributed by atoms with Crippen LogP contribution in [0, 0.1) is 5.92 Å². The van der Waals surface area contributed by atoms with Gasteiger partial charge in [0, 0.05) is 19.3 Å². The molecule has 0 aliphatic rings. The first kappa shape index (κ1) is 64.4. The molecule has 1 atom stereocenters. The summed E-state index contributed by atoms with van der Waals surface area (Å²) in [6.07, 6.45) is 59.5. The predicted octanol–water partition coefficient (Wildman–Crippen LogP) is 19.8. The molecule has 6 nitrogen and oxygen atoms in total. The lowest BCUT2D eigenvalue weighted by Gasteiger charge is -2.18. The van der Waals surface area contributed by atoms with Crippen LogP contribution >= 0.6 is 0 Å². The maximum absolute atomic E-state index is 12.9. The van der Waals surface area contributed by atoms with Crippen molar-refractivity contribution in [2.45, 2.75) is 348 Å². The highest BCUT2D eigenvalue weighted by Crippen LogP contribution is 2.18. The quantitative estimate of drug-likeness (QED) is 0.0343. The van der Waals surface area contributed by atoms with Gasteiger partial charge in [0.1, 0.15) is 13.2 Å². The molecule has 0 aliphatic heterocycles. The molecule has 0 heterocycles. The molecule has 0 N–H and O–H groups in total. The fourth-order valence-electron chi connectivity index (χ4n) is 9.28. The first-order chi connectivity index (χ1) is 32.4. The zero-order chi connectivity index (χ0) is 48.1. The Bertz CT molecular complexity index is 996. The summed E-state index contributed by atoms with van der Waals surface area (Å²) < 4.78 is 16.9. The molecule has 0 rings (SSSR count). The molecule has 0 aliphatic carbocycles. The Labute approximate surface area is 412 Å². The predicted molar refractivity (Wildman–Crippen MR) is 284 cm³/mol. The Balaban J connectivity index is 4.30. The van der Waals surface area contributed by atoms with Crippen molar-refractivity contribution < 1.29 is 28.6 Å². The summed E-state index contributed by atoms with van der Waals surface area (Å²) in [5.41, 5.74) is 0. The summed E-state index contributed by atoms with van der Waals surface area (Å²) in [6.45, 7) is 9.07. The van der Waals surface area contributed by atoms with E-state index in [-0.39, 0.29) is 31.1 Å². The van der Waals surface area contributed by atoms with E-state index >= 15 is 0 Å². The molecule has 392 valence electrons. The lowest BCUT2D eigenvalue weighted by atomic mass is 10.0. The van der Waals surface area contributed by atoms with Crippen LogP contribution in [0.5, 0.6) is 0 Å². The number of carbonyl (C=O) groups excluding carboxylic acids is 3. The zero-order valence-electron chi connectivity index (χ0n) is 45.2. The van der Waals surface area contributed by atoms with E-state index in [9.17, 15) is 14.4 Å². The molecule has 0 aromatic rings. The van der Waals surface area contributed by atoms with E-state index in [1.165, 1.54) is 238 Å². The van der Waals surface area contributed by atoms with Gasteiger partial charge in [0.05, 0.1) is 0 Å². The zero-order valence-corrected chi connectivity index (χ0v) is 45.2. The number of unbranched alkanes of at least 4 members (excludes halogenated alkanes) is 42. The van der Waals surface area contributed by atoms with E-state index < -0.39 is 6.10 Å². The molecular formula is C60H116O6. The lowest BCUT2D eigenvalue weighted by molar-refractivity contribution is -0.167. The molecule has 0 aromatic carbocycles. The maximum Gasteiger partial charge on any atom is 0.306 e. The van der Waals surface area contributed by atoms with Crippen LogP contribution in [0.4, 0.5) is 0 Å². The average Bonchev–Trinajstić information content (AvgIpc) is 3.30. The number of carbonyl (C=O) groups is 3. The summed E-state index contributed by atoms with van der Waals surface area (Å²) in [5.74, 6) is 0.00763. The van der Waals surface area contributed by atoms with Crippen LogP contribution in [0.3, 0.4) is 0 Å². The molecule has 66 heavy (non-hydrogen) atoms. The highest BCUT2D eigenvalue weighted by molar-refractivity contribution is 5.71. The minimum atomic E-state index is -0.762. The lowest BCUT2D eigenvalue weighted by Crippen LogP contribution is -2.30. The Kier molecular flexibility index (Phi) is 53.0. The standard InChI is InChI=1S/C60H116O6/c1-5-7-9-11-13-15-17-19-21-23-27-31-35-39-43-47-51-58(61)64-54-57(66-60(63)53-49-45-41-37-33-28-24-22-20-18-16-14-12-10-8-6-2)55-65-59(62)52-48-44-40-36-32-29-25-26-30-34-38-42-46-50-56(3)4/h56-57H,5-55H2,1-4H3/t57-/m0/s1.